The summed E-state index contributed by atoms with van der Waals surface area (Å²) >= 11 is 1.81. The quantitative estimate of drug-likeness (QED) is 0.880. The third-order valence-corrected chi connectivity index (χ3v) is 4.04. The van der Waals surface area contributed by atoms with E-state index in [1.807, 2.05) is 11.8 Å². The van der Waals surface area contributed by atoms with Crippen LogP contribution in [0.15, 0.2) is 4.52 Å². The summed E-state index contributed by atoms with van der Waals surface area (Å²) in [6.45, 7) is 6.53. The Morgan fingerprint density at radius 3 is 2.62 bits per heavy atom. The topological polar surface area (TPSA) is 64.9 Å². The second kappa shape index (κ2) is 4.04. The van der Waals surface area contributed by atoms with Crippen molar-refractivity contribution in [2.24, 2.45) is 5.73 Å². The molecule has 2 N–H and O–H groups in total. The molecule has 1 heterocycles. The summed E-state index contributed by atoms with van der Waals surface area (Å²) in [4.78, 5) is 4.38. The molecule has 0 saturated heterocycles. The Morgan fingerprint density at radius 1 is 1.44 bits per heavy atom. The van der Waals surface area contributed by atoms with Crippen molar-refractivity contribution in [2.75, 3.05) is 0 Å². The molecule has 0 unspecified atom stereocenters. The first-order valence-corrected chi connectivity index (χ1v) is 6.64. The number of aromatic nitrogens is 2. The highest BCUT2D eigenvalue weighted by Crippen LogP contribution is 2.38. The SMILES string of the molecule is CC(C)(C)SCc1noc(C2(N)CCC2)n1. The number of thioether (sulfide) groups is 1. The smallest absolute Gasteiger partial charge is 0.246 e. The van der Waals surface area contributed by atoms with Crippen molar-refractivity contribution in [2.45, 2.75) is 56.1 Å². The Bertz CT molecular complexity index is 366. The summed E-state index contributed by atoms with van der Waals surface area (Å²) < 4.78 is 5.46. The van der Waals surface area contributed by atoms with E-state index in [4.69, 9.17) is 10.3 Å². The van der Waals surface area contributed by atoms with Crippen LogP contribution in [-0.2, 0) is 11.3 Å². The molecule has 1 fully saturated rings. The predicted molar refractivity (Wildman–Crippen MR) is 65.1 cm³/mol. The molecule has 1 saturated carbocycles. The lowest BCUT2D eigenvalue weighted by Gasteiger charge is -2.33. The molecule has 0 aliphatic heterocycles. The van der Waals surface area contributed by atoms with Gasteiger partial charge in [-0.1, -0.05) is 25.9 Å². The normalized spacial score (nSPS) is 19.5. The maximum atomic E-state index is 6.12. The van der Waals surface area contributed by atoms with Crippen molar-refractivity contribution in [3.8, 4) is 0 Å². The second-order valence-electron chi connectivity index (χ2n) is 5.43. The molecule has 0 bridgehead atoms. The second-order valence-corrected chi connectivity index (χ2v) is 7.23. The first kappa shape index (κ1) is 11.9. The van der Waals surface area contributed by atoms with E-state index in [1.54, 1.807) is 0 Å². The van der Waals surface area contributed by atoms with Gasteiger partial charge in [-0.15, -0.1) is 11.8 Å². The number of nitrogens with zero attached hydrogens (tertiary/aromatic N) is 2. The van der Waals surface area contributed by atoms with Gasteiger partial charge in [0.25, 0.3) is 0 Å². The van der Waals surface area contributed by atoms with Crippen LogP contribution in [0.4, 0.5) is 0 Å². The van der Waals surface area contributed by atoms with Crippen LogP contribution in [-0.4, -0.2) is 14.9 Å². The van der Waals surface area contributed by atoms with Crippen LogP contribution < -0.4 is 5.73 Å². The van der Waals surface area contributed by atoms with Crippen molar-refractivity contribution in [3.05, 3.63) is 11.7 Å². The molecule has 0 spiro atoms. The number of rotatable bonds is 3. The van der Waals surface area contributed by atoms with Gasteiger partial charge in [-0.2, -0.15) is 4.98 Å². The molecule has 4 nitrogen and oxygen atoms in total. The fourth-order valence-electron chi connectivity index (χ4n) is 1.57. The maximum absolute atomic E-state index is 6.12. The van der Waals surface area contributed by atoms with E-state index in [2.05, 4.69) is 30.9 Å². The van der Waals surface area contributed by atoms with Crippen LogP contribution in [0.1, 0.15) is 51.7 Å². The average Bonchev–Trinajstić information content (AvgIpc) is 2.58. The maximum Gasteiger partial charge on any atom is 0.246 e. The van der Waals surface area contributed by atoms with Crippen molar-refractivity contribution in [1.29, 1.82) is 0 Å². The first-order valence-electron chi connectivity index (χ1n) is 5.65. The number of hydrogen-bond acceptors (Lipinski definition) is 5. The molecule has 0 aromatic carbocycles. The van der Waals surface area contributed by atoms with Crippen LogP contribution in [0.25, 0.3) is 0 Å². The zero-order valence-corrected chi connectivity index (χ0v) is 10.9. The molecule has 0 radical (unpaired) electrons. The van der Waals surface area contributed by atoms with Crippen molar-refractivity contribution in [1.82, 2.24) is 10.1 Å². The molecule has 1 aromatic rings. The van der Waals surface area contributed by atoms with Gasteiger partial charge >= 0.3 is 0 Å². The van der Waals surface area contributed by atoms with E-state index < -0.39 is 0 Å². The highest BCUT2D eigenvalue weighted by atomic mass is 32.2. The molecule has 90 valence electrons. The highest BCUT2D eigenvalue weighted by molar-refractivity contribution is 7.99. The Balaban J connectivity index is 1.97. The standard InChI is InChI=1S/C11H19N3OS/c1-10(2,3)16-7-8-13-9(15-14-8)11(12)5-4-6-11/h4-7,12H2,1-3H3. The molecular formula is C11H19N3OS. The zero-order chi connectivity index (χ0) is 11.8. The minimum atomic E-state index is -0.336. The van der Waals surface area contributed by atoms with Gasteiger partial charge in [-0.25, -0.2) is 0 Å². The summed E-state index contributed by atoms with van der Waals surface area (Å²) in [7, 11) is 0. The average molecular weight is 241 g/mol. The number of nitrogens with two attached hydrogens (primary N) is 1. The summed E-state index contributed by atoms with van der Waals surface area (Å²) in [6, 6.07) is 0. The van der Waals surface area contributed by atoms with Gasteiger partial charge in [0, 0.05) is 4.75 Å². The van der Waals surface area contributed by atoms with Crippen LogP contribution >= 0.6 is 11.8 Å². The summed E-state index contributed by atoms with van der Waals surface area (Å²) in [6.07, 6.45) is 3.08. The molecule has 1 aromatic heterocycles. The van der Waals surface area contributed by atoms with E-state index >= 15 is 0 Å². The first-order chi connectivity index (χ1) is 7.39. The molecule has 1 aliphatic rings. The molecule has 2 rings (SSSR count). The lowest BCUT2D eigenvalue weighted by molar-refractivity contribution is 0.181. The summed E-state index contributed by atoms with van der Waals surface area (Å²) in [5.41, 5.74) is 5.78. The van der Waals surface area contributed by atoms with Crippen molar-refractivity contribution in [3.63, 3.8) is 0 Å². The van der Waals surface area contributed by atoms with E-state index in [0.29, 0.717) is 5.89 Å². The van der Waals surface area contributed by atoms with Crippen LogP contribution in [0.2, 0.25) is 0 Å². The molecule has 5 heteroatoms. The third kappa shape index (κ3) is 2.58. The fourth-order valence-corrected chi connectivity index (χ4v) is 2.25. The lowest BCUT2D eigenvalue weighted by Crippen LogP contribution is -2.43. The van der Waals surface area contributed by atoms with Gasteiger partial charge in [0.1, 0.15) is 0 Å². The van der Waals surface area contributed by atoms with Crippen molar-refractivity contribution < 1.29 is 4.52 Å². The highest BCUT2D eigenvalue weighted by Gasteiger charge is 2.39. The van der Waals surface area contributed by atoms with E-state index in [1.165, 1.54) is 0 Å². The number of hydrogen-bond donors (Lipinski definition) is 1. The zero-order valence-electron chi connectivity index (χ0n) is 10.1. The van der Waals surface area contributed by atoms with Gasteiger partial charge in [0.05, 0.1) is 11.3 Å². The summed E-state index contributed by atoms with van der Waals surface area (Å²) in [5, 5.41) is 3.98. The van der Waals surface area contributed by atoms with Crippen LogP contribution in [0.5, 0.6) is 0 Å². The molecule has 16 heavy (non-hydrogen) atoms. The molecule has 0 atom stereocenters. The Labute approximate surface area is 100 Å². The van der Waals surface area contributed by atoms with Crippen molar-refractivity contribution >= 4 is 11.8 Å². The summed E-state index contributed by atoms with van der Waals surface area (Å²) in [5.74, 6) is 2.15. The monoisotopic (exact) mass is 241 g/mol. The molecular weight excluding hydrogens is 222 g/mol. The molecule has 1 aliphatic carbocycles. The minimum Gasteiger partial charge on any atom is -0.337 e. The fraction of sp³-hybridized carbons (Fsp3) is 0.818. The van der Waals surface area contributed by atoms with Crippen LogP contribution in [0.3, 0.4) is 0 Å². The van der Waals surface area contributed by atoms with E-state index in [0.717, 1.165) is 30.8 Å². The Morgan fingerprint density at radius 2 is 2.12 bits per heavy atom. The van der Waals surface area contributed by atoms with E-state index in [-0.39, 0.29) is 10.3 Å². The van der Waals surface area contributed by atoms with Gasteiger partial charge in [-0.05, 0) is 19.3 Å². The van der Waals surface area contributed by atoms with Gasteiger partial charge in [0.15, 0.2) is 5.82 Å². The van der Waals surface area contributed by atoms with E-state index in [9.17, 15) is 0 Å². The Hall–Kier alpha value is -0.550. The lowest BCUT2D eigenvalue weighted by atomic mass is 9.78. The van der Waals surface area contributed by atoms with Gasteiger partial charge in [-0.3, -0.25) is 0 Å². The Kier molecular flexibility index (Phi) is 3.01. The minimum absolute atomic E-state index is 0.220. The van der Waals surface area contributed by atoms with Gasteiger partial charge in [0.2, 0.25) is 5.89 Å². The van der Waals surface area contributed by atoms with Gasteiger partial charge < -0.3 is 10.3 Å². The van der Waals surface area contributed by atoms with Crippen LogP contribution in [0, 0.1) is 0 Å². The third-order valence-electron chi connectivity index (χ3n) is 2.77. The predicted octanol–water partition coefficient (Wildman–Crippen LogP) is 2.44. The largest absolute Gasteiger partial charge is 0.337 e. The molecule has 0 amide bonds.